The highest BCUT2D eigenvalue weighted by Crippen LogP contribution is 2.33. The zero-order chi connectivity index (χ0) is 15.1. The molecule has 3 rings (SSSR count). The maximum Gasteiger partial charge on any atom is 0.265 e. The fourth-order valence-electron chi connectivity index (χ4n) is 2.78. The largest absolute Gasteiger partial charge is 0.398 e. The lowest BCUT2D eigenvalue weighted by Gasteiger charge is -2.29. The van der Waals surface area contributed by atoms with Crippen LogP contribution in [-0.4, -0.2) is 11.8 Å². The first-order chi connectivity index (χ1) is 10.0. The van der Waals surface area contributed by atoms with Crippen LogP contribution in [0.5, 0.6) is 0 Å². The molecular weight excluding hydrogens is 264 g/mol. The van der Waals surface area contributed by atoms with E-state index < -0.39 is 0 Å². The van der Waals surface area contributed by atoms with E-state index in [-0.39, 0.29) is 18.2 Å². The number of hydrogen-bond donors (Lipinski definition) is 1. The molecule has 2 aromatic carbocycles. The number of nitrogens with two attached hydrogens (primary N) is 1. The average molecular weight is 280 g/mol. The van der Waals surface area contributed by atoms with Crippen molar-refractivity contribution in [2.45, 2.75) is 20.3 Å². The van der Waals surface area contributed by atoms with Gasteiger partial charge in [0.1, 0.15) is 0 Å². The molecule has 21 heavy (non-hydrogen) atoms. The van der Waals surface area contributed by atoms with Crippen molar-refractivity contribution >= 4 is 23.2 Å². The lowest BCUT2D eigenvalue weighted by atomic mass is 9.96. The molecule has 2 N–H and O–H groups in total. The summed E-state index contributed by atoms with van der Waals surface area (Å²) >= 11 is 0. The van der Waals surface area contributed by atoms with Crippen molar-refractivity contribution in [3.8, 4) is 0 Å². The van der Waals surface area contributed by atoms with Crippen molar-refractivity contribution in [3.63, 3.8) is 0 Å². The number of hydrogen-bond acceptors (Lipinski definition) is 3. The normalized spacial score (nSPS) is 14.3. The Labute approximate surface area is 123 Å². The predicted octanol–water partition coefficient (Wildman–Crippen LogP) is 2.62. The summed E-state index contributed by atoms with van der Waals surface area (Å²) in [7, 11) is 0. The highest BCUT2D eigenvalue weighted by molar-refractivity contribution is 6.25. The summed E-state index contributed by atoms with van der Waals surface area (Å²) < 4.78 is 0. The Balaban J connectivity index is 2.19. The van der Waals surface area contributed by atoms with Gasteiger partial charge in [0.15, 0.2) is 0 Å². The number of carbonyl (C=O) groups is 2. The summed E-state index contributed by atoms with van der Waals surface area (Å²) in [5, 5.41) is 0. The SMILES string of the molecule is Cc1ccc(N)c(C)c1N1C(=O)Cc2ccccc2C1=O. The number of fused-ring (bicyclic) bond motifs is 1. The molecule has 4 nitrogen and oxygen atoms in total. The molecule has 1 heterocycles. The molecule has 4 heteroatoms. The van der Waals surface area contributed by atoms with Gasteiger partial charge in [0.25, 0.3) is 5.91 Å². The third-order valence-corrected chi connectivity index (χ3v) is 3.94. The van der Waals surface area contributed by atoms with Crippen LogP contribution in [0.3, 0.4) is 0 Å². The van der Waals surface area contributed by atoms with Gasteiger partial charge < -0.3 is 5.73 Å². The fraction of sp³-hybridized carbons (Fsp3) is 0.176. The number of rotatable bonds is 1. The maximum absolute atomic E-state index is 12.7. The second kappa shape index (κ2) is 4.74. The van der Waals surface area contributed by atoms with E-state index in [1.54, 1.807) is 12.1 Å². The third-order valence-electron chi connectivity index (χ3n) is 3.94. The summed E-state index contributed by atoms with van der Waals surface area (Å²) in [5.41, 5.74) is 10.1. The molecule has 0 unspecified atom stereocenters. The van der Waals surface area contributed by atoms with Crippen molar-refractivity contribution in [2.75, 3.05) is 10.6 Å². The van der Waals surface area contributed by atoms with E-state index in [1.807, 2.05) is 38.1 Å². The van der Waals surface area contributed by atoms with Crippen LogP contribution in [0.2, 0.25) is 0 Å². The van der Waals surface area contributed by atoms with Crippen molar-refractivity contribution in [2.24, 2.45) is 0 Å². The predicted molar refractivity (Wildman–Crippen MR) is 82.3 cm³/mol. The summed E-state index contributed by atoms with van der Waals surface area (Å²) in [6.45, 7) is 3.71. The summed E-state index contributed by atoms with van der Waals surface area (Å²) in [6.07, 6.45) is 0.232. The topological polar surface area (TPSA) is 63.4 Å². The van der Waals surface area contributed by atoms with Gasteiger partial charge in [-0.2, -0.15) is 0 Å². The van der Waals surface area contributed by atoms with Gasteiger partial charge in [-0.1, -0.05) is 24.3 Å². The van der Waals surface area contributed by atoms with Gasteiger partial charge in [0.2, 0.25) is 5.91 Å². The molecule has 0 saturated heterocycles. The van der Waals surface area contributed by atoms with E-state index in [1.165, 1.54) is 4.90 Å². The van der Waals surface area contributed by atoms with Crippen molar-refractivity contribution in [1.29, 1.82) is 0 Å². The van der Waals surface area contributed by atoms with Crippen molar-refractivity contribution in [3.05, 3.63) is 58.7 Å². The second-order valence-corrected chi connectivity index (χ2v) is 5.31. The monoisotopic (exact) mass is 280 g/mol. The number of nitrogen functional groups attached to an aromatic ring is 1. The molecule has 0 radical (unpaired) electrons. The van der Waals surface area contributed by atoms with Crippen LogP contribution in [0.4, 0.5) is 11.4 Å². The van der Waals surface area contributed by atoms with Crippen LogP contribution in [0.15, 0.2) is 36.4 Å². The molecule has 0 atom stereocenters. The minimum absolute atomic E-state index is 0.212. The van der Waals surface area contributed by atoms with Gasteiger partial charge in [-0.3, -0.25) is 9.59 Å². The molecule has 1 aliphatic heterocycles. The molecule has 0 bridgehead atoms. The van der Waals surface area contributed by atoms with E-state index in [2.05, 4.69) is 0 Å². The zero-order valence-corrected chi connectivity index (χ0v) is 12.0. The molecule has 0 spiro atoms. The van der Waals surface area contributed by atoms with Gasteiger partial charge in [-0.15, -0.1) is 0 Å². The Hall–Kier alpha value is -2.62. The first-order valence-electron chi connectivity index (χ1n) is 6.81. The number of amides is 2. The molecular formula is C17H16N2O2. The van der Waals surface area contributed by atoms with E-state index >= 15 is 0 Å². The van der Waals surface area contributed by atoms with Gasteiger partial charge in [-0.25, -0.2) is 4.90 Å². The zero-order valence-electron chi connectivity index (χ0n) is 12.0. The number of benzene rings is 2. The van der Waals surface area contributed by atoms with Crippen molar-refractivity contribution < 1.29 is 9.59 Å². The van der Waals surface area contributed by atoms with E-state index in [0.29, 0.717) is 16.9 Å². The van der Waals surface area contributed by atoms with Crippen LogP contribution < -0.4 is 10.6 Å². The minimum atomic E-state index is -0.279. The molecule has 106 valence electrons. The number of anilines is 2. The van der Waals surface area contributed by atoms with Crippen molar-refractivity contribution in [1.82, 2.24) is 0 Å². The average Bonchev–Trinajstić information content (AvgIpc) is 2.46. The van der Waals surface area contributed by atoms with E-state index in [0.717, 1.165) is 16.7 Å². The molecule has 0 aromatic heterocycles. The first kappa shape index (κ1) is 13.4. The highest BCUT2D eigenvalue weighted by atomic mass is 16.2. The molecule has 2 aromatic rings. The van der Waals surface area contributed by atoms with Crippen LogP contribution in [0.25, 0.3) is 0 Å². The first-order valence-corrected chi connectivity index (χ1v) is 6.81. The number of imide groups is 1. The molecule has 0 fully saturated rings. The molecule has 0 aliphatic carbocycles. The Morgan fingerprint density at radius 3 is 2.52 bits per heavy atom. The maximum atomic E-state index is 12.7. The van der Waals surface area contributed by atoms with Gasteiger partial charge in [-0.05, 0) is 42.7 Å². The lowest BCUT2D eigenvalue weighted by molar-refractivity contribution is -0.117. The number of carbonyl (C=O) groups excluding carboxylic acids is 2. The standard InChI is InChI=1S/C17H16N2O2/c1-10-7-8-14(18)11(2)16(10)19-15(20)9-12-5-3-4-6-13(12)17(19)21/h3-8H,9,18H2,1-2H3. The molecule has 1 aliphatic rings. The Morgan fingerprint density at radius 1 is 1.05 bits per heavy atom. The van der Waals surface area contributed by atoms with Crippen LogP contribution in [0.1, 0.15) is 27.0 Å². The fourth-order valence-corrected chi connectivity index (χ4v) is 2.78. The van der Waals surface area contributed by atoms with Gasteiger partial charge in [0, 0.05) is 11.3 Å². The second-order valence-electron chi connectivity index (χ2n) is 5.31. The third kappa shape index (κ3) is 2.00. The van der Waals surface area contributed by atoms with Crippen LogP contribution >= 0.6 is 0 Å². The Kier molecular flexibility index (Phi) is 3.01. The Bertz CT molecular complexity index is 765. The quantitative estimate of drug-likeness (QED) is 0.645. The van der Waals surface area contributed by atoms with Gasteiger partial charge in [0.05, 0.1) is 12.1 Å². The Morgan fingerprint density at radius 2 is 1.76 bits per heavy atom. The van der Waals surface area contributed by atoms with Gasteiger partial charge >= 0.3 is 0 Å². The number of nitrogens with zero attached hydrogens (tertiary/aromatic N) is 1. The molecule has 2 amide bonds. The smallest absolute Gasteiger partial charge is 0.265 e. The summed E-state index contributed by atoms with van der Waals surface area (Å²) in [4.78, 5) is 26.4. The van der Waals surface area contributed by atoms with E-state index in [4.69, 9.17) is 5.73 Å². The summed E-state index contributed by atoms with van der Waals surface area (Å²) in [5.74, 6) is -0.492. The number of aryl methyl sites for hydroxylation is 1. The van der Waals surface area contributed by atoms with Crippen LogP contribution in [-0.2, 0) is 11.2 Å². The highest BCUT2D eigenvalue weighted by Gasteiger charge is 2.33. The van der Waals surface area contributed by atoms with E-state index in [9.17, 15) is 9.59 Å². The van der Waals surface area contributed by atoms with Crippen LogP contribution in [0, 0.1) is 13.8 Å². The summed E-state index contributed by atoms with van der Waals surface area (Å²) in [6, 6.07) is 10.9. The lowest BCUT2D eigenvalue weighted by Crippen LogP contribution is -2.43. The molecule has 0 saturated carbocycles. The minimum Gasteiger partial charge on any atom is -0.398 e.